The van der Waals surface area contributed by atoms with Gasteiger partial charge in [-0.3, -0.25) is 24.1 Å². The molecule has 0 saturated carbocycles. The molecule has 0 aromatic heterocycles. The number of hydrogen-bond donors (Lipinski definition) is 2. The fourth-order valence-electron chi connectivity index (χ4n) is 2.85. The molecule has 27 heavy (non-hydrogen) atoms. The van der Waals surface area contributed by atoms with Gasteiger partial charge in [0.2, 0.25) is 11.8 Å². The summed E-state index contributed by atoms with van der Waals surface area (Å²) in [6.07, 6.45) is 0. The maximum Gasteiger partial charge on any atom is 0.261 e. The maximum absolute atomic E-state index is 12.6. The highest BCUT2D eigenvalue weighted by atomic mass is 32.2. The summed E-state index contributed by atoms with van der Waals surface area (Å²) in [6.45, 7) is 0.277. The summed E-state index contributed by atoms with van der Waals surface area (Å²) in [5, 5.41) is 6.95. The van der Waals surface area contributed by atoms with Gasteiger partial charge in [0.05, 0.1) is 22.6 Å². The third-order valence-electron chi connectivity index (χ3n) is 4.24. The van der Waals surface area contributed by atoms with E-state index in [4.69, 9.17) is 0 Å². The SMILES string of the molecule is CNC(=O)CSCC(=O)NCCN1C(=O)c2cc3ccccc3cc2C1=O. The summed E-state index contributed by atoms with van der Waals surface area (Å²) >= 11 is 1.20. The van der Waals surface area contributed by atoms with E-state index >= 15 is 0 Å². The van der Waals surface area contributed by atoms with Crippen molar-refractivity contribution in [3.63, 3.8) is 0 Å². The van der Waals surface area contributed by atoms with Gasteiger partial charge in [-0.1, -0.05) is 24.3 Å². The highest BCUT2D eigenvalue weighted by molar-refractivity contribution is 8.00. The fourth-order valence-corrected chi connectivity index (χ4v) is 3.57. The molecule has 0 radical (unpaired) electrons. The fraction of sp³-hybridized carbons (Fsp3) is 0.263. The number of carbonyl (C=O) groups is 4. The van der Waals surface area contributed by atoms with Crippen LogP contribution in [0.2, 0.25) is 0 Å². The lowest BCUT2D eigenvalue weighted by Gasteiger charge is -2.14. The van der Waals surface area contributed by atoms with Gasteiger partial charge >= 0.3 is 0 Å². The molecule has 0 fully saturated rings. The molecule has 2 aromatic rings. The Kier molecular flexibility index (Phi) is 5.75. The number of benzene rings is 2. The van der Waals surface area contributed by atoms with E-state index in [1.54, 1.807) is 12.1 Å². The number of fused-ring (bicyclic) bond motifs is 2. The summed E-state index contributed by atoms with van der Waals surface area (Å²) in [6, 6.07) is 11.0. The van der Waals surface area contributed by atoms with E-state index < -0.39 is 0 Å². The van der Waals surface area contributed by atoms with E-state index in [-0.39, 0.29) is 48.2 Å². The minimum Gasteiger partial charge on any atom is -0.358 e. The zero-order chi connectivity index (χ0) is 19.4. The van der Waals surface area contributed by atoms with Crippen molar-refractivity contribution >= 4 is 46.2 Å². The number of imide groups is 1. The van der Waals surface area contributed by atoms with Crippen LogP contribution in [0, 0.1) is 0 Å². The van der Waals surface area contributed by atoms with Crippen LogP contribution in [0.5, 0.6) is 0 Å². The molecule has 0 unspecified atom stereocenters. The first-order valence-electron chi connectivity index (χ1n) is 8.45. The van der Waals surface area contributed by atoms with Crippen molar-refractivity contribution in [3.8, 4) is 0 Å². The highest BCUT2D eigenvalue weighted by Crippen LogP contribution is 2.27. The quantitative estimate of drug-likeness (QED) is 0.694. The molecule has 7 nitrogen and oxygen atoms in total. The van der Waals surface area contributed by atoms with Crippen molar-refractivity contribution in [1.29, 1.82) is 0 Å². The molecule has 4 amide bonds. The predicted octanol–water partition coefficient (Wildman–Crippen LogP) is 1.03. The van der Waals surface area contributed by atoms with Gasteiger partial charge in [-0.25, -0.2) is 0 Å². The molecule has 0 bridgehead atoms. The van der Waals surface area contributed by atoms with Gasteiger partial charge in [0.1, 0.15) is 0 Å². The molecule has 1 aliphatic rings. The number of amides is 4. The first-order chi connectivity index (χ1) is 13.0. The van der Waals surface area contributed by atoms with Crippen molar-refractivity contribution in [2.24, 2.45) is 0 Å². The smallest absolute Gasteiger partial charge is 0.261 e. The minimum atomic E-state index is -0.344. The number of nitrogens with zero attached hydrogens (tertiary/aromatic N) is 1. The van der Waals surface area contributed by atoms with E-state index in [1.807, 2.05) is 24.3 Å². The summed E-state index contributed by atoms with van der Waals surface area (Å²) in [4.78, 5) is 49.1. The van der Waals surface area contributed by atoms with Crippen molar-refractivity contribution in [1.82, 2.24) is 15.5 Å². The zero-order valence-corrected chi connectivity index (χ0v) is 15.6. The molecule has 1 heterocycles. The molecule has 3 rings (SSSR count). The number of nitrogens with one attached hydrogen (secondary N) is 2. The van der Waals surface area contributed by atoms with Gasteiger partial charge in [0.15, 0.2) is 0 Å². The topological polar surface area (TPSA) is 95.6 Å². The first kappa shape index (κ1) is 18.9. The van der Waals surface area contributed by atoms with Crippen LogP contribution in [0.1, 0.15) is 20.7 Å². The van der Waals surface area contributed by atoms with Crippen molar-refractivity contribution in [2.75, 3.05) is 31.6 Å². The van der Waals surface area contributed by atoms with Crippen LogP contribution in [0.3, 0.4) is 0 Å². The van der Waals surface area contributed by atoms with Gasteiger partial charge in [-0.05, 0) is 22.9 Å². The predicted molar refractivity (Wildman–Crippen MR) is 104 cm³/mol. The Morgan fingerprint density at radius 3 is 2.07 bits per heavy atom. The summed E-state index contributed by atoms with van der Waals surface area (Å²) in [5.74, 6) is -0.734. The van der Waals surface area contributed by atoms with E-state index in [1.165, 1.54) is 18.8 Å². The molecule has 0 atom stereocenters. The molecule has 8 heteroatoms. The molecule has 1 aliphatic heterocycles. The minimum absolute atomic E-state index is 0.106. The van der Waals surface area contributed by atoms with Gasteiger partial charge in [0.25, 0.3) is 11.8 Å². The average Bonchev–Trinajstić information content (AvgIpc) is 2.90. The van der Waals surface area contributed by atoms with Crippen LogP contribution >= 0.6 is 11.8 Å². The zero-order valence-electron chi connectivity index (χ0n) is 14.8. The Hall–Kier alpha value is -2.87. The van der Waals surface area contributed by atoms with Crippen LogP contribution in [0.15, 0.2) is 36.4 Å². The Balaban J connectivity index is 1.56. The van der Waals surface area contributed by atoms with E-state index in [9.17, 15) is 19.2 Å². The Bertz CT molecular complexity index is 874. The average molecular weight is 385 g/mol. The second-order valence-electron chi connectivity index (χ2n) is 6.02. The van der Waals surface area contributed by atoms with E-state index in [0.29, 0.717) is 11.1 Å². The normalized spacial score (nSPS) is 13.0. The van der Waals surface area contributed by atoms with Crippen LogP contribution in [-0.2, 0) is 9.59 Å². The standard InChI is InChI=1S/C19H19N3O4S/c1-20-16(23)10-27-11-17(24)21-6-7-22-18(25)14-8-12-4-2-3-5-13(12)9-15(14)19(22)26/h2-5,8-9H,6-7,10-11H2,1H3,(H,20,23)(H,21,24). The van der Waals surface area contributed by atoms with E-state index in [0.717, 1.165) is 15.7 Å². The molecular weight excluding hydrogens is 366 g/mol. The third kappa shape index (κ3) is 4.11. The van der Waals surface area contributed by atoms with Crippen molar-refractivity contribution in [3.05, 3.63) is 47.5 Å². The van der Waals surface area contributed by atoms with Crippen molar-refractivity contribution < 1.29 is 19.2 Å². The summed E-state index contributed by atoms with van der Waals surface area (Å²) in [7, 11) is 1.54. The summed E-state index contributed by atoms with van der Waals surface area (Å²) in [5.41, 5.74) is 0.789. The lowest BCUT2D eigenvalue weighted by Crippen LogP contribution is -2.38. The molecule has 2 aromatic carbocycles. The molecule has 140 valence electrons. The highest BCUT2D eigenvalue weighted by Gasteiger charge is 2.35. The largest absolute Gasteiger partial charge is 0.358 e. The maximum atomic E-state index is 12.6. The molecule has 0 saturated heterocycles. The number of rotatable bonds is 7. The van der Waals surface area contributed by atoms with Crippen LogP contribution in [0.4, 0.5) is 0 Å². The van der Waals surface area contributed by atoms with Gasteiger partial charge in [-0.2, -0.15) is 0 Å². The molecule has 0 spiro atoms. The van der Waals surface area contributed by atoms with Crippen LogP contribution in [0.25, 0.3) is 10.8 Å². The Labute approximate surface area is 160 Å². The number of hydrogen-bond acceptors (Lipinski definition) is 5. The summed E-state index contributed by atoms with van der Waals surface area (Å²) < 4.78 is 0. The number of carbonyl (C=O) groups excluding carboxylic acids is 4. The third-order valence-corrected chi connectivity index (χ3v) is 5.17. The second kappa shape index (κ2) is 8.22. The second-order valence-corrected chi connectivity index (χ2v) is 7.01. The molecule has 0 aliphatic carbocycles. The number of thioether (sulfide) groups is 1. The Morgan fingerprint density at radius 2 is 1.52 bits per heavy atom. The molecule has 2 N–H and O–H groups in total. The lowest BCUT2D eigenvalue weighted by atomic mass is 10.0. The lowest BCUT2D eigenvalue weighted by molar-refractivity contribution is -0.118. The first-order valence-corrected chi connectivity index (χ1v) is 9.60. The van der Waals surface area contributed by atoms with E-state index in [2.05, 4.69) is 10.6 Å². The molecular formula is C19H19N3O4S. The van der Waals surface area contributed by atoms with Gasteiger partial charge < -0.3 is 10.6 Å². The Morgan fingerprint density at radius 1 is 0.963 bits per heavy atom. The van der Waals surface area contributed by atoms with Gasteiger partial charge in [-0.15, -0.1) is 11.8 Å². The van der Waals surface area contributed by atoms with Crippen molar-refractivity contribution in [2.45, 2.75) is 0 Å². The monoisotopic (exact) mass is 385 g/mol. The van der Waals surface area contributed by atoms with Gasteiger partial charge in [0, 0.05) is 20.1 Å². The van der Waals surface area contributed by atoms with Crippen LogP contribution < -0.4 is 10.6 Å². The van der Waals surface area contributed by atoms with Crippen LogP contribution in [-0.4, -0.2) is 60.2 Å².